The molecule has 0 radical (unpaired) electrons. The van der Waals surface area contributed by atoms with E-state index in [-0.39, 0.29) is 0 Å². The van der Waals surface area contributed by atoms with Crippen molar-refractivity contribution in [1.29, 1.82) is 0 Å². The molecule has 0 N–H and O–H groups in total. The molecule has 68 valence electrons. The Morgan fingerprint density at radius 3 is 2.77 bits per heavy atom. The van der Waals surface area contributed by atoms with E-state index in [1.807, 2.05) is 0 Å². The molecule has 0 unspecified atom stereocenters. The van der Waals surface area contributed by atoms with Crippen LogP contribution in [0.3, 0.4) is 0 Å². The van der Waals surface area contributed by atoms with Gasteiger partial charge < -0.3 is 0 Å². The molecule has 1 aromatic carbocycles. The SMILES string of the molecule is Cc1ccc(Br)c2c1CC(=O)CC2. The number of aryl methyl sites for hydroxylation is 1. The summed E-state index contributed by atoms with van der Waals surface area (Å²) in [7, 11) is 0. The maximum absolute atomic E-state index is 11.3. The summed E-state index contributed by atoms with van der Waals surface area (Å²) in [5.41, 5.74) is 3.82. The molecule has 1 nitrogen and oxygen atoms in total. The number of hydrogen-bond donors (Lipinski definition) is 0. The molecule has 2 rings (SSSR count). The highest BCUT2D eigenvalue weighted by Crippen LogP contribution is 2.29. The summed E-state index contributed by atoms with van der Waals surface area (Å²) in [4.78, 5) is 11.3. The van der Waals surface area contributed by atoms with Crippen LogP contribution in [0.4, 0.5) is 0 Å². The Morgan fingerprint density at radius 1 is 1.23 bits per heavy atom. The zero-order valence-electron chi connectivity index (χ0n) is 7.56. The summed E-state index contributed by atoms with van der Waals surface area (Å²) in [6, 6.07) is 4.14. The van der Waals surface area contributed by atoms with Crippen molar-refractivity contribution in [3.05, 3.63) is 33.3 Å². The van der Waals surface area contributed by atoms with Gasteiger partial charge in [-0.3, -0.25) is 4.79 Å². The molecule has 0 bridgehead atoms. The van der Waals surface area contributed by atoms with Crippen LogP contribution in [0.25, 0.3) is 0 Å². The van der Waals surface area contributed by atoms with Gasteiger partial charge in [0.1, 0.15) is 5.78 Å². The van der Waals surface area contributed by atoms with Gasteiger partial charge in [-0.15, -0.1) is 0 Å². The number of hydrogen-bond acceptors (Lipinski definition) is 1. The van der Waals surface area contributed by atoms with E-state index in [1.165, 1.54) is 16.7 Å². The zero-order valence-corrected chi connectivity index (χ0v) is 9.15. The largest absolute Gasteiger partial charge is 0.299 e. The van der Waals surface area contributed by atoms with E-state index >= 15 is 0 Å². The molecule has 0 heterocycles. The van der Waals surface area contributed by atoms with Crippen molar-refractivity contribution >= 4 is 21.7 Å². The summed E-state index contributed by atoms with van der Waals surface area (Å²) >= 11 is 3.52. The molecule has 1 aliphatic carbocycles. The van der Waals surface area contributed by atoms with Gasteiger partial charge in [-0.25, -0.2) is 0 Å². The van der Waals surface area contributed by atoms with Gasteiger partial charge in [0.2, 0.25) is 0 Å². The fourth-order valence-corrected chi connectivity index (χ4v) is 2.42. The maximum Gasteiger partial charge on any atom is 0.137 e. The number of carbonyl (C=O) groups is 1. The number of benzene rings is 1. The first kappa shape index (κ1) is 8.95. The van der Waals surface area contributed by atoms with Crippen LogP contribution in [0.5, 0.6) is 0 Å². The number of ketones is 1. The van der Waals surface area contributed by atoms with Crippen molar-refractivity contribution in [2.75, 3.05) is 0 Å². The van der Waals surface area contributed by atoms with Crippen molar-refractivity contribution in [3.63, 3.8) is 0 Å². The Morgan fingerprint density at radius 2 is 2.00 bits per heavy atom. The molecular formula is C11H11BrO. The second-order valence-electron chi connectivity index (χ2n) is 3.54. The van der Waals surface area contributed by atoms with Crippen molar-refractivity contribution in [2.45, 2.75) is 26.2 Å². The van der Waals surface area contributed by atoms with E-state index in [0.717, 1.165) is 10.9 Å². The Hall–Kier alpha value is -0.630. The molecular weight excluding hydrogens is 228 g/mol. The van der Waals surface area contributed by atoms with Gasteiger partial charge >= 0.3 is 0 Å². The van der Waals surface area contributed by atoms with Crippen LogP contribution in [0, 0.1) is 6.92 Å². The van der Waals surface area contributed by atoms with Crippen LogP contribution < -0.4 is 0 Å². The molecule has 2 heteroatoms. The average Bonchev–Trinajstić information content (AvgIpc) is 2.12. The third-order valence-electron chi connectivity index (χ3n) is 2.64. The van der Waals surface area contributed by atoms with Crippen LogP contribution in [0.15, 0.2) is 16.6 Å². The predicted octanol–water partition coefficient (Wildman–Crippen LogP) is 2.82. The summed E-state index contributed by atoms with van der Waals surface area (Å²) in [6.45, 7) is 2.07. The number of rotatable bonds is 0. The topological polar surface area (TPSA) is 17.1 Å². The molecule has 0 fully saturated rings. The lowest BCUT2D eigenvalue weighted by molar-refractivity contribution is -0.118. The van der Waals surface area contributed by atoms with Gasteiger partial charge in [0, 0.05) is 17.3 Å². The quantitative estimate of drug-likeness (QED) is 0.680. The van der Waals surface area contributed by atoms with E-state index in [9.17, 15) is 4.79 Å². The Bertz CT molecular complexity index is 369. The van der Waals surface area contributed by atoms with E-state index in [0.29, 0.717) is 18.6 Å². The van der Waals surface area contributed by atoms with Gasteiger partial charge in [-0.1, -0.05) is 22.0 Å². The monoisotopic (exact) mass is 238 g/mol. The second-order valence-corrected chi connectivity index (χ2v) is 4.39. The zero-order chi connectivity index (χ0) is 9.42. The highest BCUT2D eigenvalue weighted by Gasteiger charge is 2.18. The standard InChI is InChI=1S/C11H11BrO/c1-7-2-5-11(12)9-4-3-8(13)6-10(7)9/h2,5H,3-4,6H2,1H3. The Labute approximate surface area is 86.3 Å². The lowest BCUT2D eigenvalue weighted by Gasteiger charge is -2.18. The van der Waals surface area contributed by atoms with Gasteiger partial charge in [0.05, 0.1) is 0 Å². The van der Waals surface area contributed by atoms with Crippen molar-refractivity contribution in [1.82, 2.24) is 0 Å². The number of halogens is 1. The van der Waals surface area contributed by atoms with Crippen LogP contribution in [0.1, 0.15) is 23.1 Å². The number of carbonyl (C=O) groups excluding carboxylic acids is 1. The van der Waals surface area contributed by atoms with Crippen LogP contribution in [-0.2, 0) is 17.6 Å². The maximum atomic E-state index is 11.3. The van der Waals surface area contributed by atoms with Gasteiger partial charge in [0.25, 0.3) is 0 Å². The van der Waals surface area contributed by atoms with Crippen LogP contribution >= 0.6 is 15.9 Å². The Balaban J connectivity index is 2.57. The number of fused-ring (bicyclic) bond motifs is 1. The van der Waals surface area contributed by atoms with Gasteiger partial charge in [-0.2, -0.15) is 0 Å². The summed E-state index contributed by atoms with van der Waals surface area (Å²) in [5, 5.41) is 0. The molecule has 0 aromatic heterocycles. The van der Waals surface area contributed by atoms with Gasteiger partial charge in [-0.05, 0) is 36.1 Å². The fourth-order valence-electron chi connectivity index (χ4n) is 1.85. The third kappa shape index (κ3) is 1.55. The van der Waals surface area contributed by atoms with Crippen molar-refractivity contribution in [3.8, 4) is 0 Å². The first-order valence-corrected chi connectivity index (χ1v) is 5.26. The lowest BCUT2D eigenvalue weighted by atomic mass is 9.88. The molecule has 1 aromatic rings. The highest BCUT2D eigenvalue weighted by atomic mass is 79.9. The molecule has 0 saturated carbocycles. The lowest BCUT2D eigenvalue weighted by Crippen LogP contribution is -2.14. The summed E-state index contributed by atoms with van der Waals surface area (Å²) < 4.78 is 1.15. The molecule has 0 spiro atoms. The normalized spacial score (nSPS) is 15.7. The molecule has 0 aliphatic heterocycles. The summed E-state index contributed by atoms with van der Waals surface area (Å²) in [6.07, 6.45) is 2.23. The molecule has 0 saturated heterocycles. The van der Waals surface area contributed by atoms with E-state index < -0.39 is 0 Å². The predicted molar refractivity (Wildman–Crippen MR) is 55.9 cm³/mol. The molecule has 0 atom stereocenters. The summed E-state index contributed by atoms with van der Waals surface area (Å²) in [5.74, 6) is 0.369. The third-order valence-corrected chi connectivity index (χ3v) is 3.38. The molecule has 1 aliphatic rings. The fraction of sp³-hybridized carbons (Fsp3) is 0.364. The first-order chi connectivity index (χ1) is 6.18. The number of Topliss-reactive ketones (excluding diaryl/α,β-unsaturated/α-hetero) is 1. The minimum absolute atomic E-state index is 0.369. The Kier molecular flexibility index (Phi) is 2.24. The minimum atomic E-state index is 0.369. The van der Waals surface area contributed by atoms with Crippen molar-refractivity contribution in [2.24, 2.45) is 0 Å². The first-order valence-electron chi connectivity index (χ1n) is 4.47. The van der Waals surface area contributed by atoms with Crippen molar-refractivity contribution < 1.29 is 4.79 Å². The van der Waals surface area contributed by atoms with E-state index in [4.69, 9.17) is 0 Å². The molecule has 13 heavy (non-hydrogen) atoms. The smallest absolute Gasteiger partial charge is 0.137 e. The average molecular weight is 239 g/mol. The minimum Gasteiger partial charge on any atom is -0.299 e. The highest BCUT2D eigenvalue weighted by molar-refractivity contribution is 9.10. The van der Waals surface area contributed by atoms with Gasteiger partial charge in [0.15, 0.2) is 0 Å². The second kappa shape index (κ2) is 3.26. The molecule has 0 amide bonds. The van der Waals surface area contributed by atoms with Crippen LogP contribution in [0.2, 0.25) is 0 Å². The van der Waals surface area contributed by atoms with E-state index in [2.05, 4.69) is 35.0 Å². The van der Waals surface area contributed by atoms with Crippen LogP contribution in [-0.4, -0.2) is 5.78 Å². The van der Waals surface area contributed by atoms with E-state index in [1.54, 1.807) is 0 Å².